The van der Waals surface area contributed by atoms with Gasteiger partial charge in [0.25, 0.3) is 0 Å². The summed E-state index contributed by atoms with van der Waals surface area (Å²) in [6.45, 7) is 0.745. The molecule has 1 saturated carbocycles. The van der Waals surface area contributed by atoms with E-state index in [1.165, 1.54) is 10.5 Å². The minimum Gasteiger partial charge on any atom is -0.471 e. The average Bonchev–Trinajstić information content (AvgIpc) is 2.51. The smallest absolute Gasteiger partial charge is 0.217 e. The van der Waals surface area contributed by atoms with Gasteiger partial charge in [0.1, 0.15) is 6.10 Å². The van der Waals surface area contributed by atoms with E-state index < -0.39 is 10.0 Å². The zero-order valence-electron chi connectivity index (χ0n) is 12.3. The summed E-state index contributed by atoms with van der Waals surface area (Å²) >= 11 is 0. The van der Waals surface area contributed by atoms with Crippen LogP contribution in [-0.2, 0) is 10.0 Å². The molecule has 0 spiro atoms. The van der Waals surface area contributed by atoms with Crippen molar-refractivity contribution in [3.8, 4) is 11.9 Å². The number of sulfonamides is 1. The molecule has 2 aliphatic rings. The standard InChI is InChI=1S/C15H19N3O3S/c16-9-12-6-7-17-15(8-12)21-13-10-18(11-13)22(19,20)14-4-2-1-3-5-14/h6-8,13-14H,1-5,10-11H2. The molecule has 6 nitrogen and oxygen atoms in total. The Balaban J connectivity index is 1.56. The molecule has 22 heavy (non-hydrogen) atoms. The Morgan fingerprint density at radius 1 is 1.27 bits per heavy atom. The highest BCUT2D eigenvalue weighted by Gasteiger charge is 2.41. The highest BCUT2D eigenvalue weighted by Crippen LogP contribution is 2.29. The molecule has 118 valence electrons. The average molecular weight is 321 g/mol. The van der Waals surface area contributed by atoms with E-state index >= 15 is 0 Å². The van der Waals surface area contributed by atoms with Gasteiger partial charge in [0.2, 0.25) is 15.9 Å². The van der Waals surface area contributed by atoms with Crippen molar-refractivity contribution in [1.82, 2.24) is 9.29 Å². The van der Waals surface area contributed by atoms with E-state index in [2.05, 4.69) is 4.98 Å². The number of hydrogen-bond acceptors (Lipinski definition) is 5. The highest BCUT2D eigenvalue weighted by atomic mass is 32.2. The minimum absolute atomic E-state index is 0.181. The van der Waals surface area contributed by atoms with Crippen LogP contribution in [0.2, 0.25) is 0 Å². The van der Waals surface area contributed by atoms with Gasteiger partial charge in [0.05, 0.1) is 30.0 Å². The lowest BCUT2D eigenvalue weighted by Crippen LogP contribution is -2.58. The van der Waals surface area contributed by atoms with Crippen LogP contribution in [0.5, 0.6) is 5.88 Å². The van der Waals surface area contributed by atoms with Crippen LogP contribution in [0.1, 0.15) is 37.7 Å². The van der Waals surface area contributed by atoms with Crippen molar-refractivity contribution < 1.29 is 13.2 Å². The van der Waals surface area contributed by atoms with E-state index in [1.807, 2.05) is 6.07 Å². The second-order valence-corrected chi connectivity index (χ2v) is 8.07. The number of nitrogens with zero attached hydrogens (tertiary/aromatic N) is 3. The van der Waals surface area contributed by atoms with Gasteiger partial charge < -0.3 is 4.74 Å². The van der Waals surface area contributed by atoms with Gasteiger partial charge >= 0.3 is 0 Å². The van der Waals surface area contributed by atoms with Crippen molar-refractivity contribution in [2.75, 3.05) is 13.1 Å². The van der Waals surface area contributed by atoms with Crippen molar-refractivity contribution in [1.29, 1.82) is 5.26 Å². The van der Waals surface area contributed by atoms with Crippen molar-refractivity contribution in [3.05, 3.63) is 23.9 Å². The lowest BCUT2D eigenvalue weighted by molar-refractivity contribution is 0.0710. The molecule has 3 rings (SSSR count). The third kappa shape index (κ3) is 3.08. The molecule has 1 aliphatic carbocycles. The SMILES string of the molecule is N#Cc1ccnc(OC2CN(S(=O)(=O)C3CCCCC3)C2)c1. The fraction of sp³-hybridized carbons (Fsp3) is 0.600. The van der Waals surface area contributed by atoms with E-state index in [0.29, 0.717) is 24.5 Å². The van der Waals surface area contributed by atoms with E-state index in [4.69, 9.17) is 10.00 Å². The molecule has 7 heteroatoms. The molecule has 0 unspecified atom stereocenters. The van der Waals surface area contributed by atoms with Crippen molar-refractivity contribution >= 4 is 10.0 Å². The number of hydrogen-bond donors (Lipinski definition) is 0. The van der Waals surface area contributed by atoms with Crippen molar-refractivity contribution in [2.24, 2.45) is 0 Å². The second kappa shape index (κ2) is 6.23. The summed E-state index contributed by atoms with van der Waals surface area (Å²) in [7, 11) is -3.18. The predicted octanol–water partition coefficient (Wildman–Crippen LogP) is 1.68. The van der Waals surface area contributed by atoms with Gasteiger partial charge in [-0.15, -0.1) is 0 Å². The summed E-state index contributed by atoms with van der Waals surface area (Å²) in [6.07, 6.45) is 6.03. The number of pyridine rings is 1. The van der Waals surface area contributed by atoms with Gasteiger partial charge in [-0.3, -0.25) is 0 Å². The lowest BCUT2D eigenvalue weighted by Gasteiger charge is -2.40. The first-order valence-electron chi connectivity index (χ1n) is 7.61. The summed E-state index contributed by atoms with van der Waals surface area (Å²) in [6, 6.07) is 5.20. The Bertz CT molecular complexity index is 672. The number of ether oxygens (including phenoxy) is 1. The Morgan fingerprint density at radius 3 is 2.68 bits per heavy atom. The highest BCUT2D eigenvalue weighted by molar-refractivity contribution is 7.89. The van der Waals surface area contributed by atoms with Gasteiger partial charge in [0.15, 0.2) is 0 Å². The quantitative estimate of drug-likeness (QED) is 0.842. The zero-order valence-corrected chi connectivity index (χ0v) is 13.1. The maximum atomic E-state index is 12.5. The van der Waals surface area contributed by atoms with Crippen molar-refractivity contribution in [2.45, 2.75) is 43.5 Å². The minimum atomic E-state index is -3.18. The first-order valence-corrected chi connectivity index (χ1v) is 9.11. The Labute approximate surface area is 130 Å². The third-order valence-electron chi connectivity index (χ3n) is 4.30. The molecule has 0 radical (unpaired) electrons. The number of nitriles is 1. The van der Waals surface area contributed by atoms with Crippen LogP contribution < -0.4 is 4.74 Å². The first-order chi connectivity index (χ1) is 10.6. The molecule has 1 aromatic rings. The van der Waals surface area contributed by atoms with Crippen LogP contribution in [0.4, 0.5) is 0 Å². The van der Waals surface area contributed by atoms with E-state index in [0.717, 1.165) is 32.1 Å². The van der Waals surface area contributed by atoms with Gasteiger partial charge in [-0.2, -0.15) is 9.57 Å². The number of aromatic nitrogens is 1. The normalized spacial score (nSPS) is 21.0. The van der Waals surface area contributed by atoms with Crippen LogP contribution in [0.15, 0.2) is 18.3 Å². The molecule has 0 amide bonds. The Kier molecular flexibility index (Phi) is 4.32. The largest absolute Gasteiger partial charge is 0.471 e. The molecule has 1 aromatic heterocycles. The maximum Gasteiger partial charge on any atom is 0.217 e. The molecule has 2 heterocycles. The topological polar surface area (TPSA) is 83.3 Å². The van der Waals surface area contributed by atoms with Crippen LogP contribution in [0, 0.1) is 11.3 Å². The second-order valence-electron chi connectivity index (χ2n) is 5.86. The summed E-state index contributed by atoms with van der Waals surface area (Å²) < 4.78 is 32.1. The van der Waals surface area contributed by atoms with Gasteiger partial charge in [-0.25, -0.2) is 13.4 Å². The molecular weight excluding hydrogens is 302 g/mol. The molecule has 0 aromatic carbocycles. The molecule has 1 aliphatic heterocycles. The molecule has 0 bridgehead atoms. The van der Waals surface area contributed by atoms with E-state index in [1.54, 1.807) is 12.1 Å². The maximum absolute atomic E-state index is 12.5. The summed E-state index contributed by atoms with van der Waals surface area (Å²) in [5.41, 5.74) is 0.482. The molecule has 2 fully saturated rings. The van der Waals surface area contributed by atoms with Gasteiger partial charge in [-0.1, -0.05) is 19.3 Å². The Hall–Kier alpha value is -1.65. The molecule has 0 atom stereocenters. The summed E-state index contributed by atoms with van der Waals surface area (Å²) in [5.74, 6) is 0.374. The van der Waals surface area contributed by atoms with Crippen LogP contribution >= 0.6 is 0 Å². The van der Waals surface area contributed by atoms with E-state index in [9.17, 15) is 8.42 Å². The zero-order chi connectivity index (χ0) is 15.6. The summed E-state index contributed by atoms with van der Waals surface area (Å²) in [5, 5.41) is 8.62. The molecule has 0 N–H and O–H groups in total. The van der Waals surface area contributed by atoms with E-state index in [-0.39, 0.29) is 11.4 Å². The lowest BCUT2D eigenvalue weighted by atomic mass is 10.0. The molecular formula is C15H19N3O3S. The fourth-order valence-corrected chi connectivity index (χ4v) is 5.07. The molecule has 1 saturated heterocycles. The van der Waals surface area contributed by atoms with Crippen LogP contribution in [-0.4, -0.2) is 42.2 Å². The monoisotopic (exact) mass is 321 g/mol. The van der Waals surface area contributed by atoms with Gasteiger partial charge in [0, 0.05) is 12.3 Å². The predicted molar refractivity (Wildman–Crippen MR) is 80.7 cm³/mol. The first kappa shape index (κ1) is 15.3. The summed E-state index contributed by atoms with van der Waals surface area (Å²) in [4.78, 5) is 4.04. The fourth-order valence-electron chi connectivity index (χ4n) is 2.97. The Morgan fingerprint density at radius 2 is 2.00 bits per heavy atom. The van der Waals surface area contributed by atoms with Crippen LogP contribution in [0.25, 0.3) is 0 Å². The number of rotatable bonds is 4. The van der Waals surface area contributed by atoms with Crippen LogP contribution in [0.3, 0.4) is 0 Å². The van der Waals surface area contributed by atoms with Gasteiger partial charge in [-0.05, 0) is 18.9 Å². The van der Waals surface area contributed by atoms with Crippen molar-refractivity contribution in [3.63, 3.8) is 0 Å². The third-order valence-corrected chi connectivity index (χ3v) is 6.63.